The van der Waals surface area contributed by atoms with Gasteiger partial charge in [-0.3, -0.25) is 0 Å². The van der Waals surface area contributed by atoms with E-state index in [2.05, 4.69) is 24.4 Å². The van der Waals surface area contributed by atoms with Gasteiger partial charge in [-0.2, -0.15) is 0 Å². The lowest BCUT2D eigenvalue weighted by Crippen LogP contribution is -2.31. The monoisotopic (exact) mass is 290 g/mol. The van der Waals surface area contributed by atoms with Gasteiger partial charge in [-0.1, -0.05) is 13.3 Å². The molecule has 4 heteroatoms. The maximum Gasteiger partial charge on any atom is 0.120 e. The lowest BCUT2D eigenvalue weighted by Gasteiger charge is -2.28. The van der Waals surface area contributed by atoms with Crippen LogP contribution in [0.1, 0.15) is 44.2 Å². The Kier molecular flexibility index (Phi) is 4.22. The van der Waals surface area contributed by atoms with Crippen LogP contribution in [0.3, 0.4) is 0 Å². The van der Waals surface area contributed by atoms with Crippen molar-refractivity contribution < 1.29 is 4.74 Å². The summed E-state index contributed by atoms with van der Waals surface area (Å²) in [6.45, 7) is 6.13. The van der Waals surface area contributed by atoms with Crippen LogP contribution in [0, 0.1) is 5.92 Å². The van der Waals surface area contributed by atoms with Gasteiger partial charge in [0.1, 0.15) is 10.8 Å². The van der Waals surface area contributed by atoms with Gasteiger partial charge in [-0.05, 0) is 50.4 Å². The Labute approximate surface area is 124 Å². The van der Waals surface area contributed by atoms with Crippen molar-refractivity contribution in [2.75, 3.05) is 13.2 Å². The summed E-state index contributed by atoms with van der Waals surface area (Å²) in [5, 5.41) is 4.85. The molecule has 2 heterocycles. The molecule has 0 saturated carbocycles. The first kappa shape index (κ1) is 13.8. The molecule has 1 aliphatic heterocycles. The minimum Gasteiger partial charge on any atom is -0.494 e. The zero-order valence-corrected chi connectivity index (χ0v) is 13.0. The summed E-state index contributed by atoms with van der Waals surface area (Å²) in [4.78, 5) is 4.81. The Morgan fingerprint density at radius 3 is 3.10 bits per heavy atom. The number of nitrogens with one attached hydrogen (secondary N) is 1. The highest BCUT2D eigenvalue weighted by Crippen LogP contribution is 2.34. The van der Waals surface area contributed by atoms with Crippen molar-refractivity contribution in [3.05, 3.63) is 23.2 Å². The van der Waals surface area contributed by atoms with Crippen molar-refractivity contribution in [3.63, 3.8) is 0 Å². The Bertz CT molecular complexity index is 581. The van der Waals surface area contributed by atoms with Gasteiger partial charge in [0.05, 0.1) is 22.9 Å². The van der Waals surface area contributed by atoms with Crippen LogP contribution in [-0.2, 0) is 0 Å². The van der Waals surface area contributed by atoms with Crippen LogP contribution >= 0.6 is 11.3 Å². The largest absolute Gasteiger partial charge is 0.494 e. The van der Waals surface area contributed by atoms with Crippen molar-refractivity contribution in [3.8, 4) is 5.75 Å². The second-order valence-corrected chi connectivity index (χ2v) is 6.48. The number of thiazole rings is 1. The SMILES string of the molecule is CCOc1ccc2nc(C3CC(CC)CCN3)sc2c1. The van der Waals surface area contributed by atoms with E-state index in [1.54, 1.807) is 11.3 Å². The highest BCUT2D eigenvalue weighted by atomic mass is 32.1. The smallest absolute Gasteiger partial charge is 0.120 e. The highest BCUT2D eigenvalue weighted by molar-refractivity contribution is 7.18. The second-order valence-electron chi connectivity index (χ2n) is 5.42. The Balaban J connectivity index is 1.84. The number of fused-ring (bicyclic) bond motifs is 1. The molecule has 1 N–H and O–H groups in total. The number of aromatic nitrogens is 1. The van der Waals surface area contributed by atoms with Crippen molar-refractivity contribution in [1.29, 1.82) is 0 Å². The van der Waals surface area contributed by atoms with Crippen molar-refractivity contribution >= 4 is 21.6 Å². The third-order valence-corrected chi connectivity index (χ3v) is 5.21. The van der Waals surface area contributed by atoms with Crippen LogP contribution in [0.4, 0.5) is 0 Å². The van der Waals surface area contributed by atoms with Crippen LogP contribution < -0.4 is 10.1 Å². The van der Waals surface area contributed by atoms with Crippen LogP contribution in [-0.4, -0.2) is 18.1 Å². The van der Waals surface area contributed by atoms with Gasteiger partial charge in [0.2, 0.25) is 0 Å². The van der Waals surface area contributed by atoms with E-state index < -0.39 is 0 Å². The fraction of sp³-hybridized carbons (Fsp3) is 0.562. The molecule has 1 fully saturated rings. The van der Waals surface area contributed by atoms with E-state index in [0.29, 0.717) is 12.6 Å². The van der Waals surface area contributed by atoms with Crippen molar-refractivity contribution in [2.45, 2.75) is 39.2 Å². The van der Waals surface area contributed by atoms with E-state index >= 15 is 0 Å². The van der Waals surface area contributed by atoms with Crippen LogP contribution in [0.5, 0.6) is 5.75 Å². The van der Waals surface area contributed by atoms with Crippen molar-refractivity contribution in [1.82, 2.24) is 10.3 Å². The molecule has 1 aromatic carbocycles. The first-order valence-corrected chi connectivity index (χ1v) is 8.38. The van der Waals surface area contributed by atoms with Gasteiger partial charge in [-0.25, -0.2) is 4.98 Å². The van der Waals surface area contributed by atoms with Gasteiger partial charge in [0, 0.05) is 0 Å². The van der Waals surface area contributed by atoms with E-state index in [0.717, 1.165) is 23.7 Å². The summed E-state index contributed by atoms with van der Waals surface area (Å²) in [7, 11) is 0. The van der Waals surface area contributed by atoms with Gasteiger partial charge < -0.3 is 10.1 Å². The topological polar surface area (TPSA) is 34.1 Å². The predicted octanol–water partition coefficient (Wildman–Crippen LogP) is 4.15. The molecule has 0 aliphatic carbocycles. The maximum absolute atomic E-state index is 5.57. The van der Waals surface area contributed by atoms with Gasteiger partial charge in [-0.15, -0.1) is 11.3 Å². The Morgan fingerprint density at radius 2 is 2.30 bits per heavy atom. The summed E-state index contributed by atoms with van der Waals surface area (Å²) in [6, 6.07) is 6.63. The molecule has 3 rings (SSSR count). The number of benzene rings is 1. The molecule has 0 amide bonds. The fourth-order valence-electron chi connectivity index (χ4n) is 2.88. The molecule has 1 saturated heterocycles. The van der Waals surface area contributed by atoms with Gasteiger partial charge in [0.15, 0.2) is 0 Å². The molecule has 0 radical (unpaired) electrons. The number of hydrogen-bond donors (Lipinski definition) is 1. The molecule has 1 aliphatic rings. The standard InChI is InChI=1S/C16H22N2OS/c1-3-11-7-8-17-14(9-11)16-18-13-6-5-12(19-4-2)10-15(13)20-16/h5-6,10-11,14,17H,3-4,7-9H2,1-2H3. The first-order valence-electron chi connectivity index (χ1n) is 7.56. The molecule has 0 spiro atoms. The average molecular weight is 290 g/mol. The van der Waals surface area contributed by atoms with Crippen LogP contribution in [0.15, 0.2) is 18.2 Å². The number of hydrogen-bond acceptors (Lipinski definition) is 4. The number of rotatable bonds is 4. The molecule has 2 unspecified atom stereocenters. The summed E-state index contributed by atoms with van der Waals surface area (Å²) < 4.78 is 6.79. The molecule has 1 aromatic heterocycles. The number of ether oxygens (including phenoxy) is 1. The van der Waals surface area contributed by atoms with E-state index in [1.165, 1.54) is 29.0 Å². The predicted molar refractivity (Wildman–Crippen MR) is 84.5 cm³/mol. The average Bonchev–Trinajstić information content (AvgIpc) is 2.91. The van der Waals surface area contributed by atoms with E-state index in [-0.39, 0.29) is 0 Å². The second kappa shape index (κ2) is 6.10. The third kappa shape index (κ3) is 2.81. The lowest BCUT2D eigenvalue weighted by molar-refractivity contribution is 0.299. The Hall–Kier alpha value is -1.13. The van der Waals surface area contributed by atoms with E-state index in [9.17, 15) is 0 Å². The van der Waals surface area contributed by atoms with Crippen LogP contribution in [0.2, 0.25) is 0 Å². The minimum absolute atomic E-state index is 0.432. The molecule has 108 valence electrons. The van der Waals surface area contributed by atoms with Gasteiger partial charge in [0.25, 0.3) is 0 Å². The molecule has 2 atom stereocenters. The molecule has 2 aromatic rings. The normalized spacial score (nSPS) is 23.1. The molecular formula is C16H22N2OS. The molecular weight excluding hydrogens is 268 g/mol. The van der Waals surface area contributed by atoms with Crippen molar-refractivity contribution in [2.24, 2.45) is 5.92 Å². The zero-order chi connectivity index (χ0) is 13.9. The maximum atomic E-state index is 5.57. The number of nitrogens with zero attached hydrogens (tertiary/aromatic N) is 1. The summed E-state index contributed by atoms with van der Waals surface area (Å²) in [5.74, 6) is 1.78. The minimum atomic E-state index is 0.432. The third-order valence-electron chi connectivity index (χ3n) is 4.08. The zero-order valence-electron chi connectivity index (χ0n) is 12.2. The first-order chi connectivity index (χ1) is 9.80. The molecule has 3 nitrogen and oxygen atoms in total. The summed E-state index contributed by atoms with van der Waals surface area (Å²) in [5.41, 5.74) is 1.09. The quantitative estimate of drug-likeness (QED) is 0.918. The summed E-state index contributed by atoms with van der Waals surface area (Å²) in [6.07, 6.45) is 3.79. The van der Waals surface area contributed by atoms with E-state index in [4.69, 9.17) is 9.72 Å². The Morgan fingerprint density at radius 1 is 1.40 bits per heavy atom. The highest BCUT2D eigenvalue weighted by Gasteiger charge is 2.24. The lowest BCUT2D eigenvalue weighted by atomic mass is 9.91. The summed E-state index contributed by atoms with van der Waals surface area (Å²) >= 11 is 1.80. The van der Waals surface area contributed by atoms with E-state index in [1.807, 2.05) is 13.0 Å². The van der Waals surface area contributed by atoms with Crippen LogP contribution in [0.25, 0.3) is 10.2 Å². The number of piperidine rings is 1. The molecule has 20 heavy (non-hydrogen) atoms. The fourth-order valence-corrected chi connectivity index (χ4v) is 3.97. The van der Waals surface area contributed by atoms with Gasteiger partial charge >= 0.3 is 0 Å². The molecule has 0 bridgehead atoms.